The quantitative estimate of drug-likeness (QED) is 0.904. The largest absolute Gasteiger partial charge is 0.330 e. The van der Waals surface area contributed by atoms with Crippen molar-refractivity contribution in [3.63, 3.8) is 0 Å². The van der Waals surface area contributed by atoms with Crippen LogP contribution in [0.2, 0.25) is 0 Å². The Hall–Kier alpha value is -1.35. The number of anilines is 1. The van der Waals surface area contributed by atoms with E-state index in [0.717, 1.165) is 25.1 Å². The van der Waals surface area contributed by atoms with E-state index in [2.05, 4.69) is 19.1 Å². The van der Waals surface area contributed by atoms with Crippen molar-refractivity contribution in [2.45, 2.75) is 39.5 Å². The highest BCUT2D eigenvalue weighted by molar-refractivity contribution is 5.99. The van der Waals surface area contributed by atoms with Gasteiger partial charge in [-0.15, -0.1) is 0 Å². The maximum Gasteiger partial charge on any atom is 0.232 e. The van der Waals surface area contributed by atoms with Gasteiger partial charge in [0.25, 0.3) is 0 Å². The molecule has 1 amide bonds. The highest BCUT2D eigenvalue weighted by atomic mass is 16.2. The third kappa shape index (κ3) is 2.52. The highest BCUT2D eigenvalue weighted by Gasteiger charge is 2.37. The molecule has 1 aliphatic heterocycles. The summed E-state index contributed by atoms with van der Waals surface area (Å²) in [6.07, 6.45) is 1.79. The molecule has 0 bridgehead atoms. The van der Waals surface area contributed by atoms with E-state index in [1.54, 1.807) is 0 Å². The van der Waals surface area contributed by atoms with Gasteiger partial charge in [0.2, 0.25) is 5.91 Å². The van der Waals surface area contributed by atoms with Gasteiger partial charge < -0.3 is 10.6 Å². The van der Waals surface area contributed by atoms with Crippen LogP contribution in [0.15, 0.2) is 24.3 Å². The Morgan fingerprint density at radius 1 is 1.42 bits per heavy atom. The van der Waals surface area contributed by atoms with Crippen molar-refractivity contribution in [3.05, 3.63) is 29.8 Å². The van der Waals surface area contributed by atoms with Crippen molar-refractivity contribution in [3.8, 4) is 0 Å². The highest BCUT2D eigenvalue weighted by Crippen LogP contribution is 2.40. The van der Waals surface area contributed by atoms with E-state index in [9.17, 15) is 4.79 Å². The van der Waals surface area contributed by atoms with Crippen molar-refractivity contribution < 1.29 is 4.79 Å². The summed E-state index contributed by atoms with van der Waals surface area (Å²) in [6.45, 7) is 7.55. The molecule has 1 atom stereocenters. The molecular formula is C16H24N2O. The molecular weight excluding hydrogens is 236 g/mol. The maximum atomic E-state index is 12.7. The minimum absolute atomic E-state index is 0.224. The summed E-state index contributed by atoms with van der Waals surface area (Å²) >= 11 is 0. The molecule has 19 heavy (non-hydrogen) atoms. The van der Waals surface area contributed by atoms with Crippen LogP contribution in [-0.2, 0) is 4.79 Å². The molecule has 0 aliphatic carbocycles. The predicted octanol–water partition coefficient (Wildman–Crippen LogP) is 2.90. The Balaban J connectivity index is 2.32. The van der Waals surface area contributed by atoms with Gasteiger partial charge in [0, 0.05) is 23.6 Å². The summed E-state index contributed by atoms with van der Waals surface area (Å²) in [6, 6.07) is 8.22. The van der Waals surface area contributed by atoms with Crippen molar-refractivity contribution in [2.24, 2.45) is 11.1 Å². The first-order valence-electron chi connectivity index (χ1n) is 7.12. The normalized spacial score (nSPS) is 18.5. The van der Waals surface area contributed by atoms with E-state index >= 15 is 0 Å². The van der Waals surface area contributed by atoms with Gasteiger partial charge in [-0.2, -0.15) is 0 Å². The Morgan fingerprint density at radius 3 is 2.74 bits per heavy atom. The number of nitrogens with zero attached hydrogens (tertiary/aromatic N) is 1. The van der Waals surface area contributed by atoms with Crippen molar-refractivity contribution in [1.82, 2.24) is 0 Å². The number of hydrogen-bond acceptors (Lipinski definition) is 2. The molecule has 104 valence electrons. The van der Waals surface area contributed by atoms with Gasteiger partial charge in [0.05, 0.1) is 0 Å². The van der Waals surface area contributed by atoms with Gasteiger partial charge in [-0.05, 0) is 31.0 Å². The average molecular weight is 260 g/mol. The molecule has 1 aliphatic rings. The van der Waals surface area contributed by atoms with E-state index < -0.39 is 0 Å². The monoisotopic (exact) mass is 260 g/mol. The van der Waals surface area contributed by atoms with E-state index in [1.807, 2.05) is 30.9 Å². The Morgan fingerprint density at radius 2 is 2.11 bits per heavy atom. The van der Waals surface area contributed by atoms with Gasteiger partial charge >= 0.3 is 0 Å². The summed E-state index contributed by atoms with van der Waals surface area (Å²) in [5.74, 6) is 0.611. The number of fused-ring (bicyclic) bond motifs is 1. The predicted molar refractivity (Wildman–Crippen MR) is 79.3 cm³/mol. The standard InChI is InChI=1S/C16H24N2O/c1-4-16(2,3)15(19)18-11-12(9-10-17)13-7-5-6-8-14(13)18/h5-8,12H,4,9-11,17H2,1-3H3. The lowest BCUT2D eigenvalue weighted by atomic mass is 9.88. The minimum atomic E-state index is -0.301. The molecule has 0 fully saturated rings. The molecule has 3 nitrogen and oxygen atoms in total. The van der Waals surface area contributed by atoms with Gasteiger partial charge in [0.1, 0.15) is 0 Å². The van der Waals surface area contributed by atoms with Gasteiger partial charge in [-0.3, -0.25) is 4.79 Å². The van der Waals surface area contributed by atoms with Gasteiger partial charge in [-0.1, -0.05) is 39.0 Å². The number of benzene rings is 1. The fraction of sp³-hybridized carbons (Fsp3) is 0.562. The van der Waals surface area contributed by atoms with Gasteiger partial charge in [-0.25, -0.2) is 0 Å². The molecule has 0 aromatic heterocycles. The van der Waals surface area contributed by atoms with Crippen LogP contribution in [0.25, 0.3) is 0 Å². The molecule has 1 aromatic carbocycles. The Kier molecular flexibility index (Phi) is 3.95. The topological polar surface area (TPSA) is 46.3 Å². The van der Waals surface area contributed by atoms with Crippen LogP contribution in [-0.4, -0.2) is 19.0 Å². The first-order valence-corrected chi connectivity index (χ1v) is 7.12. The van der Waals surface area contributed by atoms with Crippen LogP contribution in [0.4, 0.5) is 5.69 Å². The number of carbonyl (C=O) groups excluding carboxylic acids is 1. The first kappa shape index (κ1) is 14.1. The van der Waals surface area contributed by atoms with Crippen LogP contribution in [0.1, 0.15) is 45.1 Å². The summed E-state index contributed by atoms with van der Waals surface area (Å²) < 4.78 is 0. The van der Waals surface area contributed by atoms with Gasteiger partial charge in [0.15, 0.2) is 0 Å². The molecule has 3 heteroatoms. The molecule has 0 spiro atoms. The average Bonchev–Trinajstić information content (AvgIpc) is 2.77. The summed E-state index contributed by atoms with van der Waals surface area (Å²) in [5.41, 5.74) is 7.74. The number of carbonyl (C=O) groups is 1. The number of hydrogen-bond donors (Lipinski definition) is 1. The second kappa shape index (κ2) is 5.33. The smallest absolute Gasteiger partial charge is 0.232 e. The van der Waals surface area contributed by atoms with Crippen LogP contribution in [0.5, 0.6) is 0 Å². The second-order valence-corrected chi connectivity index (χ2v) is 5.99. The van der Waals surface area contributed by atoms with Crippen LogP contribution in [0, 0.1) is 5.41 Å². The van der Waals surface area contributed by atoms with Crippen molar-refractivity contribution >= 4 is 11.6 Å². The molecule has 1 heterocycles. The zero-order valence-electron chi connectivity index (χ0n) is 12.1. The number of rotatable bonds is 4. The molecule has 0 saturated carbocycles. The molecule has 2 N–H and O–H groups in total. The van der Waals surface area contributed by atoms with E-state index in [1.165, 1.54) is 5.56 Å². The summed E-state index contributed by atoms with van der Waals surface area (Å²) in [4.78, 5) is 14.7. The number of nitrogens with two attached hydrogens (primary N) is 1. The maximum absolute atomic E-state index is 12.7. The molecule has 0 saturated heterocycles. The molecule has 2 rings (SSSR count). The molecule has 1 unspecified atom stereocenters. The zero-order chi connectivity index (χ0) is 14.0. The lowest BCUT2D eigenvalue weighted by Crippen LogP contribution is -2.40. The third-order valence-corrected chi connectivity index (χ3v) is 4.29. The molecule has 1 aromatic rings. The Bertz CT molecular complexity index is 468. The number of amides is 1. The van der Waals surface area contributed by atoms with E-state index in [4.69, 9.17) is 5.73 Å². The first-order chi connectivity index (χ1) is 9.01. The van der Waals surface area contributed by atoms with Crippen LogP contribution < -0.4 is 10.6 Å². The summed E-state index contributed by atoms with van der Waals surface area (Å²) in [5, 5.41) is 0. The van der Waals surface area contributed by atoms with E-state index in [0.29, 0.717) is 12.5 Å². The Labute approximate surface area is 115 Å². The summed E-state index contributed by atoms with van der Waals surface area (Å²) in [7, 11) is 0. The fourth-order valence-electron chi connectivity index (χ4n) is 2.65. The molecule has 0 radical (unpaired) electrons. The lowest BCUT2D eigenvalue weighted by Gasteiger charge is -2.29. The third-order valence-electron chi connectivity index (χ3n) is 4.29. The SMILES string of the molecule is CCC(C)(C)C(=O)N1CC(CCN)c2ccccc21. The van der Waals surface area contributed by atoms with E-state index in [-0.39, 0.29) is 11.3 Å². The van der Waals surface area contributed by atoms with Crippen molar-refractivity contribution in [2.75, 3.05) is 18.0 Å². The van der Waals surface area contributed by atoms with Crippen LogP contribution in [0.3, 0.4) is 0 Å². The lowest BCUT2D eigenvalue weighted by molar-refractivity contribution is -0.126. The number of para-hydroxylation sites is 1. The fourth-order valence-corrected chi connectivity index (χ4v) is 2.65. The zero-order valence-corrected chi connectivity index (χ0v) is 12.1. The van der Waals surface area contributed by atoms with Crippen LogP contribution >= 0.6 is 0 Å². The second-order valence-electron chi connectivity index (χ2n) is 5.99. The minimum Gasteiger partial charge on any atom is -0.330 e. The van der Waals surface area contributed by atoms with Crippen molar-refractivity contribution in [1.29, 1.82) is 0 Å².